The van der Waals surface area contributed by atoms with Crippen LogP contribution in [0, 0.1) is 19.8 Å². The van der Waals surface area contributed by atoms with Gasteiger partial charge in [0.25, 0.3) is 5.91 Å². The van der Waals surface area contributed by atoms with E-state index in [0.717, 1.165) is 17.4 Å². The van der Waals surface area contributed by atoms with E-state index in [1.165, 1.54) is 0 Å². The van der Waals surface area contributed by atoms with Crippen LogP contribution in [0.3, 0.4) is 0 Å². The highest BCUT2D eigenvalue weighted by Crippen LogP contribution is 2.22. The first-order valence-electron chi connectivity index (χ1n) is 7.99. The largest absolute Gasteiger partial charge is 0.410 e. The van der Waals surface area contributed by atoms with Gasteiger partial charge in [-0.25, -0.2) is 8.42 Å². The number of hydrogen-bond donors (Lipinski definition) is 1. The molecule has 2 rings (SSSR count). The molecule has 25 heavy (non-hydrogen) atoms. The van der Waals surface area contributed by atoms with E-state index in [4.69, 9.17) is 4.42 Å². The number of carbonyl (C=O) groups is 1. The van der Waals surface area contributed by atoms with E-state index in [0.29, 0.717) is 12.0 Å². The molecule has 7 nitrogen and oxygen atoms in total. The molecular formula is C17H23N3O4S. The minimum absolute atomic E-state index is 0.0892. The Labute approximate surface area is 147 Å². The van der Waals surface area contributed by atoms with Crippen LogP contribution in [0.15, 0.2) is 27.8 Å². The number of rotatable bonds is 6. The van der Waals surface area contributed by atoms with Gasteiger partial charge in [0.1, 0.15) is 6.04 Å². The van der Waals surface area contributed by atoms with Gasteiger partial charge in [0.15, 0.2) is 0 Å². The van der Waals surface area contributed by atoms with Crippen molar-refractivity contribution in [2.24, 2.45) is 5.92 Å². The van der Waals surface area contributed by atoms with Gasteiger partial charge in [-0.3, -0.25) is 4.79 Å². The van der Waals surface area contributed by atoms with Crippen molar-refractivity contribution >= 4 is 15.7 Å². The number of nitrogens with zero attached hydrogens (tertiary/aromatic N) is 2. The summed E-state index contributed by atoms with van der Waals surface area (Å²) in [6, 6.07) is 4.89. The minimum Gasteiger partial charge on any atom is -0.410 e. The third-order valence-electron chi connectivity index (χ3n) is 3.82. The molecule has 0 aliphatic rings. The SMILES string of the molecule is Cc1ccc(C(=O)N[C@@H](CC(C)C)c2nnc(S(C)(=O)=O)o2)cc1C. The van der Waals surface area contributed by atoms with Crippen LogP contribution in [0.1, 0.15) is 53.7 Å². The van der Waals surface area contributed by atoms with Gasteiger partial charge in [-0.2, -0.15) is 0 Å². The van der Waals surface area contributed by atoms with Crippen LogP contribution in [-0.2, 0) is 9.84 Å². The number of nitrogens with one attached hydrogen (secondary N) is 1. The monoisotopic (exact) mass is 365 g/mol. The molecule has 2 aromatic rings. The Kier molecular flexibility index (Phi) is 5.62. The second-order valence-electron chi connectivity index (χ2n) is 6.63. The number of amides is 1. The van der Waals surface area contributed by atoms with Crippen molar-refractivity contribution < 1.29 is 17.6 Å². The van der Waals surface area contributed by atoms with Crippen LogP contribution in [0.25, 0.3) is 0 Å². The number of benzene rings is 1. The number of sulfone groups is 1. The summed E-state index contributed by atoms with van der Waals surface area (Å²) < 4.78 is 28.3. The predicted molar refractivity (Wildman–Crippen MR) is 93.0 cm³/mol. The normalized spacial score (nSPS) is 13.0. The number of carbonyl (C=O) groups excluding carboxylic acids is 1. The first-order valence-corrected chi connectivity index (χ1v) is 9.88. The third kappa shape index (κ3) is 4.88. The van der Waals surface area contributed by atoms with Gasteiger partial charge in [0.2, 0.25) is 15.7 Å². The summed E-state index contributed by atoms with van der Waals surface area (Å²) in [5, 5.41) is 9.78. The molecule has 1 heterocycles. The molecule has 0 unspecified atom stereocenters. The maximum atomic E-state index is 12.6. The van der Waals surface area contributed by atoms with Gasteiger partial charge in [-0.15, -0.1) is 5.10 Å². The first kappa shape index (κ1) is 19.1. The van der Waals surface area contributed by atoms with Gasteiger partial charge in [-0.05, 0) is 49.4 Å². The Balaban J connectivity index is 2.27. The van der Waals surface area contributed by atoms with E-state index in [1.807, 2.05) is 39.8 Å². The summed E-state index contributed by atoms with van der Waals surface area (Å²) in [4.78, 5) is 12.6. The summed E-state index contributed by atoms with van der Waals surface area (Å²) in [6.07, 6.45) is 1.54. The van der Waals surface area contributed by atoms with Crippen LogP contribution >= 0.6 is 0 Å². The highest BCUT2D eigenvalue weighted by Gasteiger charge is 2.25. The summed E-state index contributed by atoms with van der Waals surface area (Å²) in [7, 11) is -3.59. The van der Waals surface area contributed by atoms with Gasteiger partial charge in [0.05, 0.1) is 0 Å². The molecule has 8 heteroatoms. The third-order valence-corrected chi connectivity index (χ3v) is 4.62. The van der Waals surface area contributed by atoms with Crippen molar-refractivity contribution in [2.45, 2.75) is 45.4 Å². The molecule has 1 atom stereocenters. The van der Waals surface area contributed by atoms with Crippen molar-refractivity contribution in [1.29, 1.82) is 0 Å². The molecule has 0 saturated heterocycles. The molecule has 0 fully saturated rings. The zero-order valence-electron chi connectivity index (χ0n) is 15.0. The summed E-state index contributed by atoms with van der Waals surface area (Å²) in [5.74, 6) is 0.0535. The fraction of sp³-hybridized carbons (Fsp3) is 0.471. The van der Waals surface area contributed by atoms with E-state index in [2.05, 4.69) is 15.5 Å². The van der Waals surface area contributed by atoms with Gasteiger partial charge < -0.3 is 9.73 Å². The molecule has 1 aromatic heterocycles. The average molecular weight is 365 g/mol. The standard InChI is InChI=1S/C17H23N3O4S/c1-10(2)8-14(16-19-20-17(24-16)25(5,22)23)18-15(21)13-7-6-11(3)12(4)9-13/h6-7,9-10,14H,8H2,1-5H3,(H,18,21)/t14-/m0/s1. The van der Waals surface area contributed by atoms with Gasteiger partial charge >= 0.3 is 5.22 Å². The molecule has 0 saturated carbocycles. The second kappa shape index (κ2) is 7.35. The maximum absolute atomic E-state index is 12.6. The zero-order chi connectivity index (χ0) is 18.8. The molecular weight excluding hydrogens is 342 g/mol. The van der Waals surface area contributed by atoms with Crippen molar-refractivity contribution in [3.05, 3.63) is 40.8 Å². The van der Waals surface area contributed by atoms with Crippen LogP contribution < -0.4 is 5.32 Å². The second-order valence-corrected chi connectivity index (χ2v) is 8.53. The van der Waals surface area contributed by atoms with Crippen molar-refractivity contribution in [1.82, 2.24) is 15.5 Å². The topological polar surface area (TPSA) is 102 Å². The van der Waals surface area contributed by atoms with E-state index in [9.17, 15) is 13.2 Å². The van der Waals surface area contributed by atoms with Crippen molar-refractivity contribution in [3.8, 4) is 0 Å². The number of aromatic nitrogens is 2. The Morgan fingerprint density at radius 2 is 1.88 bits per heavy atom. The fourth-order valence-corrected chi connectivity index (χ4v) is 2.75. The maximum Gasteiger partial charge on any atom is 0.335 e. The number of hydrogen-bond acceptors (Lipinski definition) is 6. The molecule has 1 N–H and O–H groups in total. The molecule has 1 aromatic carbocycles. The molecule has 0 bridgehead atoms. The zero-order valence-corrected chi connectivity index (χ0v) is 15.8. The van der Waals surface area contributed by atoms with Crippen LogP contribution in [0.5, 0.6) is 0 Å². The Hall–Kier alpha value is -2.22. The van der Waals surface area contributed by atoms with Crippen molar-refractivity contribution in [2.75, 3.05) is 6.26 Å². The summed E-state index contributed by atoms with van der Waals surface area (Å²) in [6.45, 7) is 7.89. The molecule has 0 aliphatic heterocycles. The van der Waals surface area contributed by atoms with E-state index < -0.39 is 21.1 Å². The lowest BCUT2D eigenvalue weighted by Gasteiger charge is -2.17. The summed E-state index contributed by atoms with van der Waals surface area (Å²) in [5.41, 5.74) is 2.65. The highest BCUT2D eigenvalue weighted by atomic mass is 32.2. The van der Waals surface area contributed by atoms with Crippen molar-refractivity contribution in [3.63, 3.8) is 0 Å². The van der Waals surface area contributed by atoms with Gasteiger partial charge in [-0.1, -0.05) is 25.0 Å². The molecule has 0 radical (unpaired) electrons. The molecule has 136 valence electrons. The molecule has 0 spiro atoms. The van der Waals surface area contributed by atoms with Crippen LogP contribution in [-0.4, -0.2) is 30.8 Å². The molecule has 1 amide bonds. The highest BCUT2D eigenvalue weighted by molar-refractivity contribution is 7.90. The number of aryl methyl sites for hydroxylation is 2. The Morgan fingerprint density at radius 1 is 1.20 bits per heavy atom. The molecule has 0 aliphatic carbocycles. The van der Waals surface area contributed by atoms with Crippen LogP contribution in [0.2, 0.25) is 0 Å². The van der Waals surface area contributed by atoms with E-state index >= 15 is 0 Å². The minimum atomic E-state index is -3.59. The first-order chi connectivity index (χ1) is 11.6. The van der Waals surface area contributed by atoms with E-state index in [1.54, 1.807) is 6.07 Å². The quantitative estimate of drug-likeness (QED) is 0.844. The average Bonchev–Trinajstić information content (AvgIpc) is 2.98. The lowest BCUT2D eigenvalue weighted by molar-refractivity contribution is 0.0923. The van der Waals surface area contributed by atoms with Crippen LogP contribution in [0.4, 0.5) is 0 Å². The predicted octanol–water partition coefficient (Wildman–Crippen LogP) is 2.61. The van der Waals surface area contributed by atoms with E-state index in [-0.39, 0.29) is 17.7 Å². The lowest BCUT2D eigenvalue weighted by atomic mass is 10.0. The summed E-state index contributed by atoms with van der Waals surface area (Å²) >= 11 is 0. The Morgan fingerprint density at radius 3 is 2.40 bits per heavy atom. The Bertz CT molecular complexity index is 872. The smallest absolute Gasteiger partial charge is 0.335 e. The lowest BCUT2D eigenvalue weighted by Crippen LogP contribution is -2.30. The fourth-order valence-electron chi connectivity index (χ4n) is 2.33. The van der Waals surface area contributed by atoms with Gasteiger partial charge in [0, 0.05) is 11.8 Å².